The maximum Gasteiger partial charge on any atom is 0.397 e. The molecule has 0 saturated heterocycles. The average Bonchev–Trinajstić information content (AvgIpc) is 2.49. The van der Waals surface area contributed by atoms with Crippen LogP contribution >= 0.6 is 0 Å². The van der Waals surface area contributed by atoms with E-state index in [-0.39, 0.29) is 0 Å². The number of anilines is 2. The molecule has 4 heteroatoms. The number of carbonyl (C=O) groups is 2. The molecule has 0 aliphatic carbocycles. The van der Waals surface area contributed by atoms with Gasteiger partial charge in [-0.1, -0.05) is 36.4 Å². The van der Waals surface area contributed by atoms with Gasteiger partial charge in [0.05, 0.1) is 7.11 Å². The van der Waals surface area contributed by atoms with Crippen LogP contribution in [-0.2, 0) is 14.3 Å². The van der Waals surface area contributed by atoms with Crippen molar-refractivity contribution in [3.63, 3.8) is 0 Å². The van der Waals surface area contributed by atoms with Gasteiger partial charge in [0.15, 0.2) is 0 Å². The first-order valence-corrected chi connectivity index (χ1v) is 5.76. The number of para-hydroxylation sites is 2. The molecule has 0 radical (unpaired) electrons. The molecule has 0 N–H and O–H groups in total. The van der Waals surface area contributed by atoms with Crippen LogP contribution in [-0.4, -0.2) is 19.0 Å². The summed E-state index contributed by atoms with van der Waals surface area (Å²) in [6.07, 6.45) is 0. The van der Waals surface area contributed by atoms with Crippen LogP contribution in [0.25, 0.3) is 0 Å². The van der Waals surface area contributed by atoms with Crippen molar-refractivity contribution < 1.29 is 14.3 Å². The fourth-order valence-electron chi connectivity index (χ4n) is 1.72. The molecule has 4 nitrogen and oxygen atoms in total. The molecule has 0 bridgehead atoms. The molecule has 0 aliphatic heterocycles. The van der Waals surface area contributed by atoms with Crippen LogP contribution in [0.3, 0.4) is 0 Å². The van der Waals surface area contributed by atoms with Crippen LogP contribution in [0.15, 0.2) is 60.7 Å². The van der Waals surface area contributed by atoms with Gasteiger partial charge in [-0.15, -0.1) is 0 Å². The Balaban J connectivity index is 2.46. The van der Waals surface area contributed by atoms with E-state index in [4.69, 9.17) is 0 Å². The van der Waals surface area contributed by atoms with Gasteiger partial charge in [-0.2, -0.15) is 0 Å². The number of nitrogens with zero attached hydrogens (tertiary/aromatic N) is 1. The molecule has 0 fully saturated rings. The summed E-state index contributed by atoms with van der Waals surface area (Å²) in [5.41, 5.74) is 1.23. The number of hydrogen-bond acceptors (Lipinski definition) is 3. The topological polar surface area (TPSA) is 46.6 Å². The summed E-state index contributed by atoms with van der Waals surface area (Å²) in [7, 11) is 1.19. The Labute approximate surface area is 111 Å². The van der Waals surface area contributed by atoms with Crippen molar-refractivity contribution in [2.24, 2.45) is 0 Å². The molecule has 1 amide bonds. The zero-order chi connectivity index (χ0) is 13.7. The van der Waals surface area contributed by atoms with E-state index < -0.39 is 11.9 Å². The third kappa shape index (κ3) is 2.80. The first-order chi connectivity index (χ1) is 9.24. The number of rotatable bonds is 2. The van der Waals surface area contributed by atoms with E-state index in [0.717, 1.165) is 0 Å². The molecule has 0 spiro atoms. The zero-order valence-corrected chi connectivity index (χ0v) is 10.4. The predicted molar refractivity (Wildman–Crippen MR) is 72.0 cm³/mol. The number of hydrogen-bond donors (Lipinski definition) is 0. The van der Waals surface area contributed by atoms with Gasteiger partial charge in [0.25, 0.3) is 0 Å². The summed E-state index contributed by atoms with van der Waals surface area (Å²) in [6, 6.07) is 17.9. The maximum atomic E-state index is 12.1. The van der Waals surface area contributed by atoms with Crippen molar-refractivity contribution in [3.05, 3.63) is 60.7 Å². The molecular weight excluding hydrogens is 242 g/mol. The minimum Gasteiger partial charge on any atom is -0.462 e. The summed E-state index contributed by atoms with van der Waals surface area (Å²) in [5, 5.41) is 0. The molecule has 0 saturated carbocycles. The Morgan fingerprint density at radius 2 is 1.26 bits per heavy atom. The second-order valence-electron chi connectivity index (χ2n) is 3.80. The maximum absolute atomic E-state index is 12.1. The van der Waals surface area contributed by atoms with Gasteiger partial charge < -0.3 is 4.74 Å². The Morgan fingerprint density at radius 1 is 0.842 bits per heavy atom. The Morgan fingerprint density at radius 3 is 1.63 bits per heavy atom. The Bertz CT molecular complexity index is 527. The quantitative estimate of drug-likeness (QED) is 0.612. The summed E-state index contributed by atoms with van der Waals surface area (Å²) in [6.45, 7) is 0. The highest BCUT2D eigenvalue weighted by Gasteiger charge is 2.25. The molecule has 0 aliphatic rings. The number of ether oxygens (including phenoxy) is 1. The van der Waals surface area contributed by atoms with Crippen LogP contribution in [0.1, 0.15) is 0 Å². The smallest absolute Gasteiger partial charge is 0.397 e. The van der Waals surface area contributed by atoms with Gasteiger partial charge in [-0.05, 0) is 24.3 Å². The van der Waals surface area contributed by atoms with Gasteiger partial charge in [0.2, 0.25) is 0 Å². The average molecular weight is 255 g/mol. The van der Waals surface area contributed by atoms with E-state index >= 15 is 0 Å². The first kappa shape index (κ1) is 12.8. The molecule has 0 unspecified atom stereocenters. The van der Waals surface area contributed by atoms with Crippen molar-refractivity contribution in [3.8, 4) is 0 Å². The summed E-state index contributed by atoms with van der Waals surface area (Å²) in [4.78, 5) is 24.9. The lowest BCUT2D eigenvalue weighted by molar-refractivity contribution is -0.151. The molecule has 0 aromatic heterocycles. The van der Waals surface area contributed by atoms with Crippen molar-refractivity contribution in [2.45, 2.75) is 0 Å². The molecule has 19 heavy (non-hydrogen) atoms. The molecule has 2 aromatic rings. The summed E-state index contributed by atoms with van der Waals surface area (Å²) >= 11 is 0. The van der Waals surface area contributed by atoms with E-state index in [1.165, 1.54) is 12.0 Å². The van der Waals surface area contributed by atoms with Gasteiger partial charge in [-0.25, -0.2) is 4.79 Å². The minimum atomic E-state index is -0.896. The number of esters is 1. The molecule has 2 aromatic carbocycles. The van der Waals surface area contributed by atoms with Gasteiger partial charge in [0.1, 0.15) is 0 Å². The fraction of sp³-hybridized carbons (Fsp3) is 0.0667. The third-order valence-electron chi connectivity index (χ3n) is 2.59. The van der Waals surface area contributed by atoms with E-state index in [0.29, 0.717) is 11.4 Å². The Kier molecular flexibility index (Phi) is 3.93. The van der Waals surface area contributed by atoms with Gasteiger partial charge in [-0.3, -0.25) is 9.69 Å². The summed E-state index contributed by atoms with van der Waals surface area (Å²) in [5.74, 6) is -1.62. The lowest BCUT2D eigenvalue weighted by Crippen LogP contribution is -2.33. The number of benzene rings is 2. The van der Waals surface area contributed by atoms with Crippen molar-refractivity contribution >= 4 is 23.3 Å². The van der Waals surface area contributed by atoms with Gasteiger partial charge in [0, 0.05) is 11.4 Å². The van der Waals surface area contributed by atoms with Crippen molar-refractivity contribution in [2.75, 3.05) is 12.0 Å². The largest absolute Gasteiger partial charge is 0.462 e. The lowest BCUT2D eigenvalue weighted by atomic mass is 10.2. The second kappa shape index (κ2) is 5.82. The molecule has 0 heterocycles. The van der Waals surface area contributed by atoms with Crippen LogP contribution in [0.4, 0.5) is 11.4 Å². The molecule has 0 atom stereocenters. The number of methoxy groups -OCH3 is 1. The highest BCUT2D eigenvalue weighted by atomic mass is 16.5. The predicted octanol–water partition coefficient (Wildman–Crippen LogP) is 2.52. The van der Waals surface area contributed by atoms with Crippen LogP contribution < -0.4 is 4.90 Å². The normalized spacial score (nSPS) is 9.74. The molecule has 96 valence electrons. The zero-order valence-electron chi connectivity index (χ0n) is 10.4. The lowest BCUT2D eigenvalue weighted by Gasteiger charge is -2.21. The fourth-order valence-corrected chi connectivity index (χ4v) is 1.72. The van der Waals surface area contributed by atoms with E-state index in [1.807, 2.05) is 12.1 Å². The molecular formula is C15H13NO3. The standard InChI is InChI=1S/C15H13NO3/c1-19-15(18)14(17)16(12-8-4-2-5-9-12)13-10-6-3-7-11-13/h2-11H,1H3. The monoisotopic (exact) mass is 255 g/mol. The highest BCUT2D eigenvalue weighted by molar-refractivity contribution is 6.39. The molecule has 2 rings (SSSR count). The van der Waals surface area contributed by atoms with Crippen LogP contribution in [0.2, 0.25) is 0 Å². The summed E-state index contributed by atoms with van der Waals surface area (Å²) < 4.78 is 4.51. The van der Waals surface area contributed by atoms with E-state index in [9.17, 15) is 9.59 Å². The SMILES string of the molecule is COC(=O)C(=O)N(c1ccccc1)c1ccccc1. The van der Waals surface area contributed by atoms with E-state index in [2.05, 4.69) is 4.74 Å². The number of amides is 1. The minimum absolute atomic E-state index is 0.615. The Hall–Kier alpha value is -2.62. The first-order valence-electron chi connectivity index (χ1n) is 5.76. The van der Waals surface area contributed by atoms with E-state index in [1.54, 1.807) is 48.5 Å². The third-order valence-corrected chi connectivity index (χ3v) is 2.59. The van der Waals surface area contributed by atoms with Crippen molar-refractivity contribution in [1.29, 1.82) is 0 Å². The highest BCUT2D eigenvalue weighted by Crippen LogP contribution is 2.25. The number of carbonyl (C=O) groups excluding carboxylic acids is 2. The van der Waals surface area contributed by atoms with Gasteiger partial charge >= 0.3 is 11.9 Å². The van der Waals surface area contributed by atoms with Crippen LogP contribution in [0.5, 0.6) is 0 Å². The van der Waals surface area contributed by atoms with Crippen molar-refractivity contribution in [1.82, 2.24) is 0 Å². The van der Waals surface area contributed by atoms with Crippen LogP contribution in [0, 0.1) is 0 Å². The second-order valence-corrected chi connectivity index (χ2v) is 3.80.